The van der Waals surface area contributed by atoms with Gasteiger partial charge in [0.05, 0.1) is 0 Å². The number of thioether (sulfide) groups is 1. The summed E-state index contributed by atoms with van der Waals surface area (Å²) < 4.78 is 1.98. The molecular weight excluding hydrogens is 200 g/mol. The van der Waals surface area contributed by atoms with E-state index in [-0.39, 0.29) is 0 Å². The van der Waals surface area contributed by atoms with Gasteiger partial charge in [-0.05, 0) is 23.9 Å². The average Bonchev–Trinajstić information content (AvgIpc) is 2.51. The van der Waals surface area contributed by atoms with E-state index in [1.165, 1.54) is 10.4 Å². The van der Waals surface area contributed by atoms with Gasteiger partial charge in [0.2, 0.25) is 0 Å². The molecule has 0 aliphatic heterocycles. The Morgan fingerprint density at radius 1 is 1.69 bits per heavy atom. The summed E-state index contributed by atoms with van der Waals surface area (Å²) in [6.45, 7) is 2.71. The molecule has 0 spiro atoms. The van der Waals surface area contributed by atoms with Crippen LogP contribution in [-0.2, 0) is 5.75 Å². The largest absolute Gasteiger partial charge is 0.276 e. The van der Waals surface area contributed by atoms with Gasteiger partial charge in [-0.15, -0.1) is 11.3 Å². The number of rotatable bonds is 4. The molecular formula is C9H15N2S2+. The molecule has 1 aromatic rings. The van der Waals surface area contributed by atoms with E-state index in [2.05, 4.69) is 23.9 Å². The quantitative estimate of drug-likeness (QED) is 0.359. The third-order valence-electron chi connectivity index (χ3n) is 1.58. The molecule has 13 heavy (non-hydrogen) atoms. The normalized spacial score (nSPS) is 12.1. The SMILES string of the molecule is Cc1cc(CS/C=[N+](\C)CN)cs1. The minimum Gasteiger partial charge on any atom is -0.276 e. The fraction of sp³-hybridized carbons (Fsp3) is 0.444. The molecule has 0 unspecified atom stereocenters. The summed E-state index contributed by atoms with van der Waals surface area (Å²) in [4.78, 5) is 1.38. The second-order valence-corrected chi connectivity index (χ2v) is 4.87. The molecule has 1 rings (SSSR count). The smallest absolute Gasteiger partial charge is 0.199 e. The molecule has 1 aromatic heterocycles. The lowest BCUT2D eigenvalue weighted by molar-refractivity contribution is -0.488. The fourth-order valence-electron chi connectivity index (χ4n) is 0.877. The molecule has 0 amide bonds. The van der Waals surface area contributed by atoms with Crippen molar-refractivity contribution in [1.82, 2.24) is 0 Å². The number of hydrogen-bond acceptors (Lipinski definition) is 3. The van der Waals surface area contributed by atoms with Crippen molar-refractivity contribution in [3.05, 3.63) is 21.9 Å². The lowest BCUT2D eigenvalue weighted by atomic mass is 10.3. The van der Waals surface area contributed by atoms with Crippen molar-refractivity contribution in [2.75, 3.05) is 13.7 Å². The molecule has 72 valence electrons. The maximum Gasteiger partial charge on any atom is 0.199 e. The van der Waals surface area contributed by atoms with Crippen molar-refractivity contribution >= 4 is 28.6 Å². The van der Waals surface area contributed by atoms with Gasteiger partial charge in [-0.3, -0.25) is 5.73 Å². The number of aryl methyl sites for hydroxylation is 1. The van der Waals surface area contributed by atoms with Crippen molar-refractivity contribution in [2.24, 2.45) is 5.73 Å². The van der Waals surface area contributed by atoms with E-state index in [1.54, 1.807) is 23.1 Å². The van der Waals surface area contributed by atoms with E-state index in [0.29, 0.717) is 6.67 Å². The summed E-state index contributed by atoms with van der Waals surface area (Å²) >= 11 is 3.58. The van der Waals surface area contributed by atoms with Crippen LogP contribution in [0.2, 0.25) is 0 Å². The summed E-state index contributed by atoms with van der Waals surface area (Å²) in [6.07, 6.45) is 0. The minimum absolute atomic E-state index is 0.579. The van der Waals surface area contributed by atoms with Gasteiger partial charge in [-0.25, -0.2) is 4.58 Å². The molecule has 0 atom stereocenters. The zero-order valence-corrected chi connectivity index (χ0v) is 9.62. The van der Waals surface area contributed by atoms with Crippen LogP contribution in [0.3, 0.4) is 0 Å². The van der Waals surface area contributed by atoms with Gasteiger partial charge in [0.25, 0.3) is 0 Å². The van der Waals surface area contributed by atoms with Crippen LogP contribution in [0.4, 0.5) is 0 Å². The van der Waals surface area contributed by atoms with Crippen LogP contribution >= 0.6 is 23.1 Å². The van der Waals surface area contributed by atoms with Crippen molar-refractivity contribution in [3.8, 4) is 0 Å². The van der Waals surface area contributed by atoms with Gasteiger partial charge in [-0.2, -0.15) is 0 Å². The molecule has 0 aromatic carbocycles. The first-order valence-electron chi connectivity index (χ1n) is 4.11. The minimum atomic E-state index is 0.579. The molecule has 1 heterocycles. The van der Waals surface area contributed by atoms with Gasteiger partial charge >= 0.3 is 0 Å². The van der Waals surface area contributed by atoms with E-state index < -0.39 is 0 Å². The van der Waals surface area contributed by atoms with Crippen LogP contribution in [0.5, 0.6) is 0 Å². The maximum absolute atomic E-state index is 5.44. The van der Waals surface area contributed by atoms with Crippen LogP contribution in [-0.4, -0.2) is 23.8 Å². The molecule has 0 aliphatic carbocycles. The molecule has 4 heteroatoms. The number of hydrogen-bond donors (Lipinski definition) is 1. The van der Waals surface area contributed by atoms with E-state index in [0.717, 1.165) is 5.75 Å². The second kappa shape index (κ2) is 5.42. The van der Waals surface area contributed by atoms with Gasteiger partial charge in [0.15, 0.2) is 12.2 Å². The Hall–Kier alpha value is -0.320. The highest BCUT2D eigenvalue weighted by molar-refractivity contribution is 8.11. The number of nitrogens with two attached hydrogens (primary N) is 1. The van der Waals surface area contributed by atoms with Crippen molar-refractivity contribution in [1.29, 1.82) is 0 Å². The third-order valence-corrected chi connectivity index (χ3v) is 3.50. The first-order valence-corrected chi connectivity index (χ1v) is 6.04. The van der Waals surface area contributed by atoms with Crippen molar-refractivity contribution in [2.45, 2.75) is 12.7 Å². The molecule has 0 bridgehead atoms. The molecule has 0 fully saturated rings. The van der Waals surface area contributed by atoms with Gasteiger partial charge < -0.3 is 0 Å². The molecule has 0 radical (unpaired) electrons. The van der Waals surface area contributed by atoms with E-state index in [1.807, 2.05) is 11.6 Å². The second-order valence-electron chi connectivity index (χ2n) is 2.92. The summed E-state index contributed by atoms with van der Waals surface area (Å²) in [5.41, 5.74) is 8.90. The van der Waals surface area contributed by atoms with Gasteiger partial charge in [0.1, 0.15) is 7.05 Å². The monoisotopic (exact) mass is 215 g/mol. The Morgan fingerprint density at radius 3 is 3.00 bits per heavy atom. The Bertz CT molecular complexity index is 292. The fourth-order valence-corrected chi connectivity index (χ4v) is 2.46. The Balaban J connectivity index is 2.35. The zero-order chi connectivity index (χ0) is 9.68. The molecule has 0 saturated heterocycles. The zero-order valence-electron chi connectivity index (χ0n) is 7.99. The van der Waals surface area contributed by atoms with Crippen LogP contribution in [0.25, 0.3) is 0 Å². The van der Waals surface area contributed by atoms with E-state index in [9.17, 15) is 0 Å². The highest BCUT2D eigenvalue weighted by Gasteiger charge is 1.97. The summed E-state index contributed by atoms with van der Waals surface area (Å²) in [7, 11) is 1.98. The lowest BCUT2D eigenvalue weighted by Crippen LogP contribution is -2.15. The lowest BCUT2D eigenvalue weighted by Gasteiger charge is -1.91. The van der Waals surface area contributed by atoms with E-state index in [4.69, 9.17) is 5.73 Å². The molecule has 2 nitrogen and oxygen atoms in total. The summed E-state index contributed by atoms with van der Waals surface area (Å²) in [5, 5.41) is 2.21. The highest BCUT2D eigenvalue weighted by atomic mass is 32.2. The third kappa shape index (κ3) is 3.93. The van der Waals surface area contributed by atoms with Crippen LogP contribution < -0.4 is 5.73 Å². The highest BCUT2D eigenvalue weighted by Crippen LogP contribution is 2.17. The summed E-state index contributed by atoms with van der Waals surface area (Å²) in [6, 6.07) is 2.23. The molecule has 0 aliphatic rings. The average molecular weight is 215 g/mol. The Morgan fingerprint density at radius 2 is 2.46 bits per heavy atom. The van der Waals surface area contributed by atoms with Crippen molar-refractivity contribution < 1.29 is 4.58 Å². The summed E-state index contributed by atoms with van der Waals surface area (Å²) in [5.74, 6) is 1.04. The Kier molecular flexibility index (Phi) is 4.48. The standard InChI is InChI=1S/C9H15N2S2/c1-8-3-9(5-13-8)4-12-7-11(2)6-10/h3,5,7H,4,6,10H2,1-2H3/q+1/b11-7+. The number of thiophene rings is 1. The van der Waals surface area contributed by atoms with Gasteiger partial charge in [-0.1, -0.05) is 11.8 Å². The first-order chi connectivity index (χ1) is 6.22. The molecule has 2 N–H and O–H groups in total. The Labute approximate surface area is 87.5 Å². The predicted molar refractivity (Wildman–Crippen MR) is 61.7 cm³/mol. The number of nitrogens with zero attached hydrogens (tertiary/aromatic N) is 1. The van der Waals surface area contributed by atoms with Crippen LogP contribution in [0.1, 0.15) is 10.4 Å². The van der Waals surface area contributed by atoms with Gasteiger partial charge in [0, 0.05) is 10.6 Å². The van der Waals surface area contributed by atoms with Crippen LogP contribution in [0, 0.1) is 6.92 Å². The maximum atomic E-state index is 5.44. The first kappa shape index (κ1) is 10.8. The van der Waals surface area contributed by atoms with Crippen LogP contribution in [0.15, 0.2) is 11.4 Å². The predicted octanol–water partition coefficient (Wildman–Crippen LogP) is 1.88. The molecule has 0 saturated carbocycles. The van der Waals surface area contributed by atoms with Crippen molar-refractivity contribution in [3.63, 3.8) is 0 Å². The topological polar surface area (TPSA) is 29.0 Å². The van der Waals surface area contributed by atoms with E-state index >= 15 is 0 Å².